The van der Waals surface area contributed by atoms with E-state index in [2.05, 4.69) is 41.5 Å². The minimum atomic E-state index is -2.75. The van der Waals surface area contributed by atoms with E-state index < -0.39 is 18.8 Å². The molecule has 0 aromatic heterocycles. The molecule has 0 rings (SSSR count). The van der Waals surface area contributed by atoms with Gasteiger partial charge in [-0.2, -0.15) is 0 Å². The molecule has 0 saturated carbocycles. The average molecular weight is 391 g/mol. The molecule has 0 aliphatic rings. The predicted octanol–water partition coefficient (Wildman–Crippen LogP) is 5.63. The number of carbonyl (C=O) groups is 1. The molecule has 0 N–H and O–H groups in total. The minimum absolute atomic E-state index is 0.0305. The van der Waals surface area contributed by atoms with E-state index in [0.717, 1.165) is 0 Å². The summed E-state index contributed by atoms with van der Waals surface area (Å²) in [5, 5.41) is 0. The van der Waals surface area contributed by atoms with Gasteiger partial charge in [-0.25, -0.2) is 0 Å². The Morgan fingerprint density at radius 3 is 1.30 bits per heavy atom. The maximum atomic E-state index is 11.6. The predicted molar refractivity (Wildman–Crippen MR) is 90.3 cm³/mol. The van der Waals surface area contributed by atoms with E-state index in [4.69, 9.17) is 3.07 Å². The van der Waals surface area contributed by atoms with Crippen molar-refractivity contribution < 1.29 is 7.87 Å². The van der Waals surface area contributed by atoms with Gasteiger partial charge in [-0.15, -0.1) is 0 Å². The molecule has 120 valence electrons. The Balaban J connectivity index is 4.88. The summed E-state index contributed by atoms with van der Waals surface area (Å²) in [7, 11) is 0. The van der Waals surface area contributed by atoms with E-state index in [1.165, 1.54) is 32.6 Å². The Labute approximate surface area is 131 Å². The van der Waals surface area contributed by atoms with Crippen molar-refractivity contribution in [2.45, 2.75) is 81.0 Å². The molecule has 0 heterocycles. The molecule has 0 unspecified atom stereocenters. The number of hydrogen-bond donors (Lipinski definition) is 0. The zero-order valence-electron chi connectivity index (χ0n) is 14.8. The molecule has 0 amide bonds. The Bertz CT molecular complexity index is 241. The molecule has 0 aromatic carbocycles. The van der Waals surface area contributed by atoms with Crippen LogP contribution in [0, 0.1) is 17.8 Å². The Morgan fingerprint density at radius 1 is 0.800 bits per heavy atom. The van der Waals surface area contributed by atoms with Crippen LogP contribution in [0.3, 0.4) is 0 Å². The fraction of sp³-hybridized carbons (Fsp3) is 0.941. The van der Waals surface area contributed by atoms with Crippen molar-refractivity contribution in [1.29, 1.82) is 0 Å². The third-order valence-electron chi connectivity index (χ3n) is 3.89. The molecular weight excluding hydrogens is 355 g/mol. The summed E-state index contributed by atoms with van der Waals surface area (Å²) in [5.41, 5.74) is 0. The summed E-state index contributed by atoms with van der Waals surface area (Å²) in [4.78, 5) is 11.6. The van der Waals surface area contributed by atoms with Gasteiger partial charge in [0.15, 0.2) is 0 Å². The third kappa shape index (κ3) is 10.1. The van der Waals surface area contributed by atoms with Crippen molar-refractivity contribution in [2.75, 3.05) is 0 Å². The van der Waals surface area contributed by atoms with Crippen molar-refractivity contribution in [3.63, 3.8) is 0 Å². The van der Waals surface area contributed by atoms with Crippen LogP contribution >= 0.6 is 0 Å². The van der Waals surface area contributed by atoms with E-state index in [-0.39, 0.29) is 5.97 Å². The van der Waals surface area contributed by atoms with Crippen LogP contribution in [0.25, 0.3) is 0 Å². The van der Waals surface area contributed by atoms with Gasteiger partial charge >= 0.3 is 131 Å². The van der Waals surface area contributed by atoms with Crippen molar-refractivity contribution in [2.24, 2.45) is 17.8 Å². The Morgan fingerprint density at radius 2 is 1.10 bits per heavy atom. The van der Waals surface area contributed by atoms with Crippen LogP contribution in [0.5, 0.6) is 0 Å². The van der Waals surface area contributed by atoms with E-state index in [0.29, 0.717) is 17.8 Å². The number of hydrogen-bond acceptors (Lipinski definition) is 2. The molecule has 0 aromatic rings. The molecule has 0 atom stereocenters. The first kappa shape index (κ1) is 20.3. The van der Waals surface area contributed by atoms with E-state index in [1.54, 1.807) is 6.92 Å². The molecule has 0 aliphatic heterocycles. The summed E-state index contributed by atoms with van der Waals surface area (Å²) in [6, 6.07) is 0. The van der Waals surface area contributed by atoms with Gasteiger partial charge in [0.05, 0.1) is 0 Å². The number of carbonyl (C=O) groups excluding carboxylic acids is 1. The average Bonchev–Trinajstić information content (AvgIpc) is 2.30. The van der Waals surface area contributed by atoms with Gasteiger partial charge in [0.1, 0.15) is 0 Å². The van der Waals surface area contributed by atoms with Gasteiger partial charge in [0.25, 0.3) is 0 Å². The standard InChI is InChI=1S/3C5H11.C2H4O2.Sn/c3*1-4-5(2)3;1-2(3)4;/h3*5H,1,4H2,2-3H3;1H3,(H,3,4);/q;;;;+1/p-1. The van der Waals surface area contributed by atoms with Crippen molar-refractivity contribution >= 4 is 24.8 Å². The second kappa shape index (κ2) is 10.1. The molecule has 0 aliphatic carbocycles. The molecule has 0 saturated heterocycles. The fourth-order valence-electron chi connectivity index (χ4n) is 2.49. The zero-order chi connectivity index (χ0) is 15.8. The van der Waals surface area contributed by atoms with Gasteiger partial charge in [-0.05, 0) is 0 Å². The van der Waals surface area contributed by atoms with Crippen molar-refractivity contribution in [3.05, 3.63) is 0 Å². The van der Waals surface area contributed by atoms with Crippen LogP contribution in [0.1, 0.15) is 67.7 Å². The normalized spacial score (nSPS) is 12.5. The summed E-state index contributed by atoms with van der Waals surface area (Å²) in [6.45, 7) is 15.2. The molecule has 2 nitrogen and oxygen atoms in total. The van der Waals surface area contributed by atoms with Crippen LogP contribution in [0.2, 0.25) is 13.3 Å². The quantitative estimate of drug-likeness (QED) is 0.451. The van der Waals surface area contributed by atoms with Gasteiger partial charge < -0.3 is 0 Å². The molecular formula is C17H36O2Sn. The van der Waals surface area contributed by atoms with Crippen molar-refractivity contribution in [3.8, 4) is 0 Å². The van der Waals surface area contributed by atoms with Crippen LogP contribution < -0.4 is 0 Å². The van der Waals surface area contributed by atoms with E-state index in [1.807, 2.05) is 0 Å². The number of rotatable bonds is 10. The molecule has 0 bridgehead atoms. The SMILES string of the molecule is CC(=O)[O][Sn]([CH2]CC(C)C)([CH2]CC(C)C)[CH2]CC(C)C. The van der Waals surface area contributed by atoms with E-state index in [9.17, 15) is 4.79 Å². The first-order chi connectivity index (χ1) is 9.17. The molecule has 0 radical (unpaired) electrons. The molecule has 20 heavy (non-hydrogen) atoms. The first-order valence-electron chi connectivity index (χ1n) is 8.36. The summed E-state index contributed by atoms with van der Waals surface area (Å²) < 4.78 is 9.70. The summed E-state index contributed by atoms with van der Waals surface area (Å²) in [6.07, 6.45) is 3.67. The Hall–Kier alpha value is 0.269. The fourth-order valence-corrected chi connectivity index (χ4v) is 16.7. The van der Waals surface area contributed by atoms with Crippen LogP contribution in [0.15, 0.2) is 0 Å². The van der Waals surface area contributed by atoms with Gasteiger partial charge in [-0.3, -0.25) is 0 Å². The van der Waals surface area contributed by atoms with Gasteiger partial charge in [0, 0.05) is 0 Å². The van der Waals surface area contributed by atoms with Crippen LogP contribution in [0.4, 0.5) is 0 Å². The zero-order valence-corrected chi connectivity index (χ0v) is 17.6. The topological polar surface area (TPSA) is 26.3 Å². The van der Waals surface area contributed by atoms with Gasteiger partial charge in [-0.1, -0.05) is 0 Å². The monoisotopic (exact) mass is 392 g/mol. The van der Waals surface area contributed by atoms with Gasteiger partial charge in [0.2, 0.25) is 0 Å². The molecule has 0 fully saturated rings. The first-order valence-corrected chi connectivity index (χ1v) is 15.6. The summed E-state index contributed by atoms with van der Waals surface area (Å²) in [5.74, 6) is 2.09. The Kier molecular flexibility index (Phi) is 10.2. The molecule has 3 heteroatoms. The third-order valence-corrected chi connectivity index (χ3v) is 16.2. The second-order valence-electron chi connectivity index (χ2n) is 7.57. The van der Waals surface area contributed by atoms with Crippen molar-refractivity contribution in [1.82, 2.24) is 0 Å². The van der Waals surface area contributed by atoms with Crippen LogP contribution in [-0.4, -0.2) is 24.8 Å². The molecule has 0 spiro atoms. The second-order valence-corrected chi connectivity index (χ2v) is 19.2. The maximum absolute atomic E-state index is 11.6. The van der Waals surface area contributed by atoms with Crippen LogP contribution in [-0.2, 0) is 7.87 Å². The van der Waals surface area contributed by atoms with E-state index >= 15 is 0 Å². The summed E-state index contributed by atoms with van der Waals surface area (Å²) >= 11 is -2.75.